The van der Waals surface area contributed by atoms with E-state index in [2.05, 4.69) is 15.9 Å². The highest BCUT2D eigenvalue weighted by Gasteiger charge is 2.17. The second kappa shape index (κ2) is 8.52. The molecule has 0 atom stereocenters. The molecule has 0 aliphatic rings. The molecular formula is C21H21BrN2O4S. The van der Waals surface area contributed by atoms with Gasteiger partial charge >= 0.3 is 5.97 Å². The molecule has 0 saturated carbocycles. The van der Waals surface area contributed by atoms with Crippen molar-refractivity contribution in [3.8, 4) is 0 Å². The molecule has 0 saturated heterocycles. The first-order valence-corrected chi connectivity index (χ1v) is 11.2. The SMILES string of the molecule is Cc1cc(C(=O)OCc2cccc(Br)c2)c(C)n1Cc1ccc(S(N)(=O)=O)cc1. The fourth-order valence-corrected chi connectivity index (χ4v) is 4.03. The number of nitrogens with zero attached hydrogens (tertiary/aromatic N) is 1. The molecule has 0 aliphatic heterocycles. The average Bonchev–Trinajstić information content (AvgIpc) is 2.94. The normalized spacial score (nSPS) is 11.4. The first-order chi connectivity index (χ1) is 13.6. The van der Waals surface area contributed by atoms with Gasteiger partial charge in [0.15, 0.2) is 0 Å². The Labute approximate surface area is 178 Å². The summed E-state index contributed by atoms with van der Waals surface area (Å²) in [6.07, 6.45) is 0. The van der Waals surface area contributed by atoms with Crippen molar-refractivity contribution in [3.63, 3.8) is 0 Å². The number of rotatable bonds is 6. The second-order valence-electron chi connectivity index (χ2n) is 6.77. The average molecular weight is 477 g/mol. The number of hydrogen-bond acceptors (Lipinski definition) is 4. The fraction of sp³-hybridized carbons (Fsp3) is 0.190. The Hall–Kier alpha value is -2.42. The van der Waals surface area contributed by atoms with E-state index in [1.54, 1.807) is 18.2 Å². The van der Waals surface area contributed by atoms with E-state index in [0.717, 1.165) is 27.0 Å². The molecule has 0 aliphatic carbocycles. The molecule has 0 fully saturated rings. The molecular weight excluding hydrogens is 456 g/mol. The summed E-state index contributed by atoms with van der Waals surface area (Å²) in [6.45, 7) is 4.47. The minimum Gasteiger partial charge on any atom is -0.457 e. The predicted molar refractivity (Wildman–Crippen MR) is 114 cm³/mol. The van der Waals surface area contributed by atoms with E-state index in [4.69, 9.17) is 9.88 Å². The summed E-state index contributed by atoms with van der Waals surface area (Å²) in [4.78, 5) is 12.6. The highest BCUT2D eigenvalue weighted by molar-refractivity contribution is 9.10. The maximum absolute atomic E-state index is 12.6. The van der Waals surface area contributed by atoms with Crippen LogP contribution < -0.4 is 5.14 Å². The van der Waals surface area contributed by atoms with E-state index in [1.807, 2.05) is 42.7 Å². The highest BCUT2D eigenvalue weighted by atomic mass is 79.9. The lowest BCUT2D eigenvalue weighted by Crippen LogP contribution is -2.12. The van der Waals surface area contributed by atoms with Crippen LogP contribution in [-0.2, 0) is 27.9 Å². The van der Waals surface area contributed by atoms with Gasteiger partial charge in [0.05, 0.1) is 10.5 Å². The predicted octanol–water partition coefficient (Wildman–Crippen LogP) is 3.92. The van der Waals surface area contributed by atoms with E-state index >= 15 is 0 Å². The quantitative estimate of drug-likeness (QED) is 0.545. The van der Waals surface area contributed by atoms with Crippen molar-refractivity contribution in [1.29, 1.82) is 0 Å². The molecule has 3 rings (SSSR count). The Morgan fingerprint density at radius 1 is 1.07 bits per heavy atom. The number of ether oxygens (including phenoxy) is 1. The van der Waals surface area contributed by atoms with Crippen LogP contribution in [0, 0.1) is 13.8 Å². The Balaban J connectivity index is 1.75. The molecule has 6 nitrogen and oxygen atoms in total. The van der Waals surface area contributed by atoms with Gasteiger partial charge in [0.1, 0.15) is 6.61 Å². The number of carbonyl (C=O) groups excluding carboxylic acids is 1. The van der Waals surface area contributed by atoms with Gasteiger partial charge in [-0.3, -0.25) is 0 Å². The summed E-state index contributed by atoms with van der Waals surface area (Å²) in [5.74, 6) is -0.381. The van der Waals surface area contributed by atoms with Crippen LogP contribution >= 0.6 is 15.9 Å². The van der Waals surface area contributed by atoms with Gasteiger partial charge in [-0.1, -0.05) is 40.2 Å². The number of primary sulfonamides is 1. The number of aryl methyl sites for hydroxylation is 1. The summed E-state index contributed by atoms with van der Waals surface area (Å²) >= 11 is 3.40. The molecule has 0 radical (unpaired) electrons. The van der Waals surface area contributed by atoms with Gasteiger partial charge in [0.2, 0.25) is 10.0 Å². The molecule has 1 heterocycles. The molecule has 0 spiro atoms. The fourth-order valence-electron chi connectivity index (χ4n) is 3.07. The van der Waals surface area contributed by atoms with Crippen molar-refractivity contribution in [1.82, 2.24) is 4.57 Å². The van der Waals surface area contributed by atoms with Crippen molar-refractivity contribution < 1.29 is 17.9 Å². The van der Waals surface area contributed by atoms with Crippen LogP contribution in [0.25, 0.3) is 0 Å². The zero-order valence-corrected chi connectivity index (χ0v) is 18.5. The van der Waals surface area contributed by atoms with Gasteiger partial charge in [-0.15, -0.1) is 0 Å². The number of sulfonamides is 1. The molecule has 0 amide bonds. The molecule has 1 aromatic heterocycles. The minimum atomic E-state index is -3.72. The van der Waals surface area contributed by atoms with Gasteiger partial charge in [-0.2, -0.15) is 0 Å². The number of halogens is 1. The number of benzene rings is 2. The lowest BCUT2D eigenvalue weighted by molar-refractivity contribution is 0.0471. The monoisotopic (exact) mass is 476 g/mol. The number of hydrogen-bond donors (Lipinski definition) is 1. The van der Waals surface area contributed by atoms with Gasteiger partial charge in [-0.05, 0) is 55.3 Å². The topological polar surface area (TPSA) is 91.4 Å². The Kier molecular flexibility index (Phi) is 6.26. The lowest BCUT2D eigenvalue weighted by atomic mass is 10.2. The molecule has 3 aromatic rings. The van der Waals surface area contributed by atoms with Crippen LogP contribution in [0.1, 0.15) is 32.9 Å². The molecule has 2 aromatic carbocycles. The number of aromatic nitrogens is 1. The van der Waals surface area contributed by atoms with Gasteiger partial charge in [0.25, 0.3) is 0 Å². The van der Waals surface area contributed by atoms with Crippen LogP contribution in [-0.4, -0.2) is 19.0 Å². The molecule has 0 unspecified atom stereocenters. The summed E-state index contributed by atoms with van der Waals surface area (Å²) in [5.41, 5.74) is 4.01. The van der Waals surface area contributed by atoms with Gasteiger partial charge in [0, 0.05) is 22.4 Å². The maximum Gasteiger partial charge on any atom is 0.340 e. The van der Waals surface area contributed by atoms with Gasteiger partial charge in [-0.25, -0.2) is 18.4 Å². The first-order valence-electron chi connectivity index (χ1n) is 8.85. The zero-order valence-electron chi connectivity index (χ0n) is 16.1. The Bertz CT molecular complexity index is 1150. The van der Waals surface area contributed by atoms with E-state index in [9.17, 15) is 13.2 Å². The van der Waals surface area contributed by atoms with E-state index < -0.39 is 10.0 Å². The van der Waals surface area contributed by atoms with E-state index in [1.165, 1.54) is 12.1 Å². The Morgan fingerprint density at radius 2 is 1.76 bits per heavy atom. The maximum atomic E-state index is 12.6. The van der Waals surface area contributed by atoms with Crippen molar-refractivity contribution >= 4 is 31.9 Å². The lowest BCUT2D eigenvalue weighted by Gasteiger charge is -2.11. The third-order valence-electron chi connectivity index (χ3n) is 4.65. The van der Waals surface area contributed by atoms with Crippen LogP contribution in [0.5, 0.6) is 0 Å². The molecule has 2 N–H and O–H groups in total. The van der Waals surface area contributed by atoms with Crippen LogP contribution in [0.15, 0.2) is 64.0 Å². The number of nitrogens with two attached hydrogens (primary N) is 1. The minimum absolute atomic E-state index is 0.0685. The summed E-state index contributed by atoms with van der Waals surface area (Å²) in [5, 5.41) is 5.14. The van der Waals surface area contributed by atoms with Crippen molar-refractivity contribution in [2.45, 2.75) is 31.9 Å². The largest absolute Gasteiger partial charge is 0.457 e. The first kappa shape index (κ1) is 21.3. The van der Waals surface area contributed by atoms with E-state index in [-0.39, 0.29) is 17.5 Å². The summed E-state index contributed by atoms with van der Waals surface area (Å²) in [7, 11) is -3.72. The molecule has 29 heavy (non-hydrogen) atoms. The second-order valence-corrected chi connectivity index (χ2v) is 9.24. The van der Waals surface area contributed by atoms with Crippen molar-refractivity contribution in [2.24, 2.45) is 5.14 Å². The van der Waals surface area contributed by atoms with Crippen molar-refractivity contribution in [3.05, 3.63) is 87.1 Å². The molecule has 152 valence electrons. The summed E-state index contributed by atoms with van der Waals surface area (Å²) in [6, 6.07) is 15.8. The Morgan fingerprint density at radius 3 is 2.38 bits per heavy atom. The zero-order chi connectivity index (χ0) is 21.2. The molecule has 8 heteroatoms. The third-order valence-corrected chi connectivity index (χ3v) is 6.07. The van der Waals surface area contributed by atoms with Crippen LogP contribution in [0.3, 0.4) is 0 Å². The summed E-state index contributed by atoms with van der Waals surface area (Å²) < 4.78 is 31.2. The highest BCUT2D eigenvalue weighted by Crippen LogP contribution is 2.20. The standard InChI is InChI=1S/C21H21BrN2O4S/c1-14-10-20(21(25)28-13-17-4-3-5-18(22)11-17)15(2)24(14)12-16-6-8-19(9-7-16)29(23,26)27/h3-11H,12-13H2,1-2H3,(H2,23,26,27). The van der Waals surface area contributed by atoms with E-state index in [0.29, 0.717) is 12.1 Å². The third kappa shape index (κ3) is 5.14. The van der Waals surface area contributed by atoms with Crippen LogP contribution in [0.4, 0.5) is 0 Å². The smallest absolute Gasteiger partial charge is 0.340 e. The number of esters is 1. The molecule has 0 bridgehead atoms. The number of carbonyl (C=O) groups is 1. The van der Waals surface area contributed by atoms with Gasteiger partial charge < -0.3 is 9.30 Å². The van der Waals surface area contributed by atoms with Crippen molar-refractivity contribution in [2.75, 3.05) is 0 Å². The van der Waals surface area contributed by atoms with Crippen LogP contribution in [0.2, 0.25) is 0 Å².